The number of rotatable bonds is 10. The van der Waals surface area contributed by atoms with Crippen LogP contribution in [0.5, 0.6) is 0 Å². The Hall–Kier alpha value is -4.13. The first-order valence-corrected chi connectivity index (χ1v) is 13.0. The summed E-state index contributed by atoms with van der Waals surface area (Å²) < 4.78 is 5.79. The summed E-state index contributed by atoms with van der Waals surface area (Å²) in [7, 11) is 0. The molecule has 1 heterocycles. The fraction of sp³-hybridized carbons (Fsp3) is 0.323. The number of cyclic esters (lactones) is 1. The van der Waals surface area contributed by atoms with Crippen LogP contribution in [0.2, 0.25) is 0 Å². The topological polar surface area (TPSA) is 87.7 Å². The van der Waals surface area contributed by atoms with Crippen LogP contribution in [0.3, 0.4) is 0 Å². The first kappa shape index (κ1) is 26.9. The summed E-state index contributed by atoms with van der Waals surface area (Å²) >= 11 is 0. The van der Waals surface area contributed by atoms with Crippen LogP contribution >= 0.6 is 0 Å². The van der Waals surface area contributed by atoms with Crippen LogP contribution in [-0.4, -0.2) is 35.4 Å². The van der Waals surface area contributed by atoms with Crippen LogP contribution in [0, 0.1) is 12.8 Å². The van der Waals surface area contributed by atoms with Crippen LogP contribution in [0.1, 0.15) is 48.6 Å². The average molecular weight is 514 g/mol. The number of amides is 3. The van der Waals surface area contributed by atoms with Crippen molar-refractivity contribution in [2.75, 3.05) is 11.9 Å². The number of nitrogens with one attached hydrogen (secondary N) is 2. The molecule has 0 bridgehead atoms. The molecule has 0 aliphatic carbocycles. The van der Waals surface area contributed by atoms with Gasteiger partial charge in [0.05, 0.1) is 13.0 Å². The number of hydrogen-bond acceptors (Lipinski definition) is 4. The van der Waals surface area contributed by atoms with E-state index in [1.807, 2.05) is 67.6 Å². The van der Waals surface area contributed by atoms with Gasteiger partial charge in [-0.3, -0.25) is 14.5 Å². The van der Waals surface area contributed by atoms with E-state index >= 15 is 0 Å². The maximum absolute atomic E-state index is 13.4. The van der Waals surface area contributed by atoms with Gasteiger partial charge in [-0.15, -0.1) is 0 Å². The molecule has 1 aliphatic heterocycles. The number of anilines is 1. The van der Waals surface area contributed by atoms with Gasteiger partial charge >= 0.3 is 6.09 Å². The Bertz CT molecular complexity index is 1260. The largest absolute Gasteiger partial charge is 0.438 e. The fourth-order valence-electron chi connectivity index (χ4n) is 4.47. The molecule has 0 saturated carbocycles. The number of benzene rings is 3. The van der Waals surface area contributed by atoms with E-state index in [9.17, 15) is 14.4 Å². The van der Waals surface area contributed by atoms with Gasteiger partial charge in [-0.1, -0.05) is 86.1 Å². The van der Waals surface area contributed by atoms with Crippen molar-refractivity contribution in [1.82, 2.24) is 10.2 Å². The van der Waals surface area contributed by atoms with E-state index in [0.717, 1.165) is 23.1 Å². The highest BCUT2D eigenvalue weighted by atomic mass is 16.6. The molecule has 3 amide bonds. The fourth-order valence-corrected chi connectivity index (χ4v) is 4.47. The second-order valence-corrected chi connectivity index (χ2v) is 10.2. The molecule has 38 heavy (non-hydrogen) atoms. The lowest BCUT2D eigenvalue weighted by Crippen LogP contribution is -2.46. The normalized spacial score (nSPS) is 16.8. The van der Waals surface area contributed by atoms with Gasteiger partial charge in [0, 0.05) is 12.2 Å². The number of nitrogens with zero attached hydrogens (tertiary/aromatic N) is 1. The zero-order valence-corrected chi connectivity index (χ0v) is 22.1. The third-order valence-corrected chi connectivity index (χ3v) is 6.55. The molecule has 1 fully saturated rings. The first-order valence-electron chi connectivity index (χ1n) is 13.0. The lowest BCUT2D eigenvalue weighted by Gasteiger charge is -2.24. The standard InChI is InChI=1S/C31H35N3O4/c1-21(2)16-17-32-30(36)28-29(38-31(37)34(28)20-24-14-12-22(3)13-15-24)25-10-7-11-26(19-25)33-27(35)18-23-8-5-4-6-9-23/h4-15,19,21,28-29H,16-18,20H2,1-3H3,(H,32,36)(H,33,35)/t28-,29+/m0/s1. The Morgan fingerprint density at radius 3 is 2.39 bits per heavy atom. The van der Waals surface area contributed by atoms with Gasteiger partial charge in [-0.05, 0) is 48.1 Å². The molecule has 1 saturated heterocycles. The molecule has 3 aromatic rings. The van der Waals surface area contributed by atoms with Crippen LogP contribution in [0.25, 0.3) is 0 Å². The van der Waals surface area contributed by atoms with Crippen molar-refractivity contribution in [2.24, 2.45) is 5.92 Å². The summed E-state index contributed by atoms with van der Waals surface area (Å²) in [6.07, 6.45) is -0.274. The molecule has 2 atom stereocenters. The summed E-state index contributed by atoms with van der Waals surface area (Å²) in [4.78, 5) is 40.6. The van der Waals surface area contributed by atoms with E-state index < -0.39 is 18.2 Å². The van der Waals surface area contributed by atoms with Gasteiger partial charge in [0.2, 0.25) is 11.8 Å². The molecule has 0 aromatic heterocycles. The average Bonchev–Trinajstić information content (AvgIpc) is 3.21. The second-order valence-electron chi connectivity index (χ2n) is 10.2. The Balaban J connectivity index is 1.55. The summed E-state index contributed by atoms with van der Waals surface area (Å²) in [5, 5.41) is 5.91. The summed E-state index contributed by atoms with van der Waals surface area (Å²) in [5.41, 5.74) is 4.16. The van der Waals surface area contributed by atoms with Crippen LogP contribution in [0.15, 0.2) is 78.9 Å². The Kier molecular flexibility index (Phi) is 8.79. The number of carbonyl (C=O) groups excluding carboxylic acids is 3. The van der Waals surface area contributed by atoms with E-state index in [0.29, 0.717) is 23.7 Å². The first-order chi connectivity index (χ1) is 18.3. The number of aryl methyl sites for hydroxylation is 1. The van der Waals surface area contributed by atoms with Crippen LogP contribution < -0.4 is 10.6 Å². The second kappa shape index (κ2) is 12.4. The zero-order chi connectivity index (χ0) is 27.1. The van der Waals surface area contributed by atoms with Crippen molar-refractivity contribution in [1.29, 1.82) is 0 Å². The predicted octanol–water partition coefficient (Wildman–Crippen LogP) is 5.40. The van der Waals surface area contributed by atoms with E-state index in [2.05, 4.69) is 24.5 Å². The smallest absolute Gasteiger partial charge is 0.411 e. The van der Waals surface area contributed by atoms with E-state index in [1.54, 1.807) is 18.2 Å². The molecule has 0 unspecified atom stereocenters. The maximum atomic E-state index is 13.4. The maximum Gasteiger partial charge on any atom is 0.411 e. The third kappa shape index (κ3) is 7.00. The quantitative estimate of drug-likeness (QED) is 0.380. The Morgan fingerprint density at radius 1 is 0.947 bits per heavy atom. The van der Waals surface area contributed by atoms with Gasteiger partial charge < -0.3 is 15.4 Å². The van der Waals surface area contributed by atoms with Gasteiger partial charge in [0.15, 0.2) is 12.1 Å². The molecule has 7 nitrogen and oxygen atoms in total. The van der Waals surface area contributed by atoms with E-state index in [-0.39, 0.29) is 24.8 Å². The molecule has 2 N–H and O–H groups in total. The summed E-state index contributed by atoms with van der Waals surface area (Å²) in [6.45, 7) is 6.96. The van der Waals surface area contributed by atoms with Crippen molar-refractivity contribution >= 4 is 23.6 Å². The molecule has 0 radical (unpaired) electrons. The minimum absolute atomic E-state index is 0.152. The minimum Gasteiger partial charge on any atom is -0.438 e. The van der Waals surface area contributed by atoms with Crippen molar-refractivity contribution in [3.8, 4) is 0 Å². The third-order valence-electron chi connectivity index (χ3n) is 6.55. The van der Waals surface area contributed by atoms with Gasteiger partial charge in [-0.2, -0.15) is 0 Å². The minimum atomic E-state index is -0.841. The molecular formula is C31H35N3O4. The Morgan fingerprint density at radius 2 is 1.68 bits per heavy atom. The van der Waals surface area contributed by atoms with Gasteiger partial charge in [0.25, 0.3) is 0 Å². The molecular weight excluding hydrogens is 478 g/mol. The Labute approximate surface area is 224 Å². The van der Waals surface area contributed by atoms with Crippen molar-refractivity contribution in [3.63, 3.8) is 0 Å². The molecule has 4 rings (SSSR count). The van der Waals surface area contributed by atoms with E-state index in [1.165, 1.54) is 4.90 Å². The summed E-state index contributed by atoms with van der Waals surface area (Å²) in [6, 6.07) is 23.7. The lowest BCUT2D eigenvalue weighted by molar-refractivity contribution is -0.126. The predicted molar refractivity (Wildman–Crippen MR) is 147 cm³/mol. The number of carbonyl (C=O) groups is 3. The van der Waals surface area contributed by atoms with Crippen molar-refractivity contribution < 1.29 is 19.1 Å². The monoisotopic (exact) mass is 513 g/mol. The zero-order valence-electron chi connectivity index (χ0n) is 22.1. The molecule has 198 valence electrons. The molecule has 3 aromatic carbocycles. The number of hydrogen-bond donors (Lipinski definition) is 2. The number of ether oxygens (including phenoxy) is 1. The van der Waals surface area contributed by atoms with Crippen molar-refractivity contribution in [2.45, 2.75) is 52.3 Å². The summed E-state index contributed by atoms with van der Waals surface area (Å²) in [5.74, 6) is 0.0280. The highest BCUT2D eigenvalue weighted by Gasteiger charge is 2.47. The lowest BCUT2D eigenvalue weighted by atomic mass is 9.99. The van der Waals surface area contributed by atoms with Crippen LogP contribution in [-0.2, 0) is 27.3 Å². The van der Waals surface area contributed by atoms with Gasteiger partial charge in [-0.25, -0.2) is 4.79 Å². The molecule has 1 aliphatic rings. The molecule has 0 spiro atoms. The van der Waals surface area contributed by atoms with E-state index in [4.69, 9.17) is 4.74 Å². The highest BCUT2D eigenvalue weighted by molar-refractivity contribution is 5.92. The van der Waals surface area contributed by atoms with Gasteiger partial charge in [0.1, 0.15) is 0 Å². The van der Waals surface area contributed by atoms with Crippen molar-refractivity contribution in [3.05, 3.63) is 101 Å². The molecule has 7 heteroatoms. The SMILES string of the molecule is Cc1ccc(CN2C(=O)O[C@H](c3cccc(NC(=O)Cc4ccccc4)c3)[C@H]2C(=O)NCCC(C)C)cc1. The highest BCUT2D eigenvalue weighted by Crippen LogP contribution is 2.35. The van der Waals surface area contributed by atoms with Crippen LogP contribution in [0.4, 0.5) is 10.5 Å².